The molecule has 2 aromatic carbocycles. The van der Waals surface area contributed by atoms with Crippen LogP contribution in [-0.4, -0.2) is 5.91 Å². The fourth-order valence-corrected chi connectivity index (χ4v) is 4.02. The maximum atomic E-state index is 12.2. The van der Waals surface area contributed by atoms with Crippen LogP contribution in [0.3, 0.4) is 0 Å². The summed E-state index contributed by atoms with van der Waals surface area (Å²) in [5, 5.41) is 2.85. The van der Waals surface area contributed by atoms with Gasteiger partial charge in [-0.25, -0.2) is 0 Å². The molecule has 20 heavy (non-hydrogen) atoms. The van der Waals surface area contributed by atoms with E-state index in [9.17, 15) is 4.79 Å². The molecule has 0 radical (unpaired) electrons. The molecule has 0 aliphatic carbocycles. The molecular weight excluding hydrogens is 454 g/mol. The third-order valence-electron chi connectivity index (χ3n) is 2.56. The first-order valence-corrected chi connectivity index (χ1v) is 7.91. The number of amides is 1. The number of nitrogens with two attached hydrogens (primary N) is 1. The summed E-state index contributed by atoms with van der Waals surface area (Å²) in [6, 6.07) is 10.6. The van der Waals surface area contributed by atoms with E-state index >= 15 is 0 Å². The van der Waals surface area contributed by atoms with E-state index in [1.165, 1.54) is 0 Å². The molecule has 1 amide bonds. The largest absolute Gasteiger partial charge is 0.324 e. The van der Waals surface area contributed by atoms with Crippen LogP contribution in [0.5, 0.6) is 0 Å². The fraction of sp³-hybridized carbons (Fsp3) is 0. The minimum atomic E-state index is -0.197. The van der Waals surface area contributed by atoms with Crippen molar-refractivity contribution in [3.8, 4) is 0 Å². The van der Waals surface area contributed by atoms with Crippen LogP contribution < -0.4 is 16.6 Å². The first kappa shape index (κ1) is 15.5. The normalized spacial score (nSPS) is 10.2. The summed E-state index contributed by atoms with van der Waals surface area (Å²) >= 11 is 10.2. The summed E-state index contributed by atoms with van der Waals surface area (Å²) < 4.78 is 2.48. The molecule has 0 fully saturated rings. The number of hydrazine groups is 1. The van der Waals surface area contributed by atoms with Crippen molar-refractivity contribution < 1.29 is 4.79 Å². The third-order valence-corrected chi connectivity index (χ3v) is 4.27. The van der Waals surface area contributed by atoms with Gasteiger partial charge in [0, 0.05) is 24.7 Å². The van der Waals surface area contributed by atoms with Gasteiger partial charge in [-0.2, -0.15) is 0 Å². The third kappa shape index (κ3) is 3.60. The zero-order chi connectivity index (χ0) is 14.7. The number of rotatable bonds is 3. The van der Waals surface area contributed by atoms with Crippen LogP contribution in [0.15, 0.2) is 49.8 Å². The van der Waals surface area contributed by atoms with Crippen molar-refractivity contribution in [2.45, 2.75) is 0 Å². The summed E-state index contributed by atoms with van der Waals surface area (Å²) in [5.74, 6) is 5.09. The van der Waals surface area contributed by atoms with Crippen molar-refractivity contribution in [3.05, 3.63) is 55.4 Å². The van der Waals surface area contributed by atoms with Crippen molar-refractivity contribution in [2.24, 2.45) is 5.84 Å². The van der Waals surface area contributed by atoms with Crippen LogP contribution in [0.4, 0.5) is 11.4 Å². The molecule has 0 atom stereocenters. The Balaban J connectivity index is 2.23. The van der Waals surface area contributed by atoms with Gasteiger partial charge in [0.25, 0.3) is 5.91 Å². The standard InChI is InChI=1S/C13H10Br3N3O/c14-8-5-10(15)12(11(16)6-8)18-13(20)7-1-3-9(19-17)4-2-7/h1-6,19H,17H2,(H,18,20). The van der Waals surface area contributed by atoms with Gasteiger partial charge in [0.2, 0.25) is 0 Å². The number of carbonyl (C=O) groups excluding carboxylic acids is 1. The molecule has 4 N–H and O–H groups in total. The minimum Gasteiger partial charge on any atom is -0.324 e. The number of hydrogen-bond donors (Lipinski definition) is 3. The summed E-state index contributed by atoms with van der Waals surface area (Å²) in [6.45, 7) is 0. The summed E-state index contributed by atoms with van der Waals surface area (Å²) in [6.07, 6.45) is 0. The molecule has 0 unspecified atom stereocenters. The lowest BCUT2D eigenvalue weighted by atomic mass is 10.2. The molecule has 2 aromatic rings. The lowest BCUT2D eigenvalue weighted by Gasteiger charge is -2.10. The fourth-order valence-electron chi connectivity index (χ4n) is 1.57. The van der Waals surface area contributed by atoms with Gasteiger partial charge in [0.15, 0.2) is 0 Å². The Labute approximate surface area is 141 Å². The SMILES string of the molecule is NNc1ccc(C(=O)Nc2c(Br)cc(Br)cc2Br)cc1. The molecule has 4 nitrogen and oxygen atoms in total. The van der Waals surface area contributed by atoms with E-state index in [0.717, 1.165) is 19.1 Å². The molecule has 2 rings (SSSR count). The van der Waals surface area contributed by atoms with Crippen molar-refractivity contribution >= 4 is 65.1 Å². The molecule has 0 saturated heterocycles. The Morgan fingerprint density at radius 3 is 2.05 bits per heavy atom. The van der Waals surface area contributed by atoms with Gasteiger partial charge < -0.3 is 10.7 Å². The Morgan fingerprint density at radius 1 is 1.00 bits per heavy atom. The van der Waals surface area contributed by atoms with E-state index in [1.807, 2.05) is 12.1 Å². The highest BCUT2D eigenvalue weighted by atomic mass is 79.9. The Hall–Kier alpha value is -0.890. The Bertz CT molecular complexity index is 621. The lowest BCUT2D eigenvalue weighted by Crippen LogP contribution is -2.13. The number of halogens is 3. The van der Waals surface area contributed by atoms with Crippen LogP contribution in [0.1, 0.15) is 10.4 Å². The molecule has 0 bridgehead atoms. The Morgan fingerprint density at radius 2 is 1.55 bits per heavy atom. The van der Waals surface area contributed by atoms with E-state index in [1.54, 1.807) is 24.3 Å². The van der Waals surface area contributed by atoms with Gasteiger partial charge in [-0.3, -0.25) is 10.6 Å². The summed E-state index contributed by atoms with van der Waals surface area (Å²) in [5.41, 5.74) is 4.49. The first-order valence-electron chi connectivity index (χ1n) is 5.54. The second-order valence-corrected chi connectivity index (χ2v) is 6.54. The molecule has 0 heterocycles. The molecule has 0 aliphatic heterocycles. The van der Waals surface area contributed by atoms with Gasteiger partial charge in [0.05, 0.1) is 5.69 Å². The first-order chi connectivity index (χ1) is 9.51. The molecule has 0 aromatic heterocycles. The maximum absolute atomic E-state index is 12.2. The zero-order valence-electron chi connectivity index (χ0n) is 10.1. The van der Waals surface area contributed by atoms with E-state index in [4.69, 9.17) is 5.84 Å². The van der Waals surface area contributed by atoms with Crippen LogP contribution in [0, 0.1) is 0 Å². The molecular formula is C13H10Br3N3O. The summed E-state index contributed by atoms with van der Waals surface area (Å²) in [4.78, 5) is 12.2. The van der Waals surface area contributed by atoms with E-state index in [2.05, 4.69) is 58.5 Å². The van der Waals surface area contributed by atoms with Gasteiger partial charge in [-0.15, -0.1) is 0 Å². The average molecular weight is 464 g/mol. The second-order valence-electron chi connectivity index (χ2n) is 3.92. The maximum Gasteiger partial charge on any atom is 0.255 e. The smallest absolute Gasteiger partial charge is 0.255 e. The van der Waals surface area contributed by atoms with Crippen molar-refractivity contribution in [2.75, 3.05) is 10.7 Å². The van der Waals surface area contributed by atoms with Crippen LogP contribution in [-0.2, 0) is 0 Å². The van der Waals surface area contributed by atoms with Crippen molar-refractivity contribution in [3.63, 3.8) is 0 Å². The predicted octanol–water partition coefficient (Wildman–Crippen LogP) is 4.51. The Kier molecular flexibility index (Phi) is 5.20. The van der Waals surface area contributed by atoms with Gasteiger partial charge in [-0.05, 0) is 68.3 Å². The highest BCUT2D eigenvalue weighted by molar-refractivity contribution is 9.11. The van der Waals surface area contributed by atoms with E-state index < -0.39 is 0 Å². The zero-order valence-corrected chi connectivity index (χ0v) is 14.8. The van der Waals surface area contributed by atoms with Gasteiger partial charge in [0.1, 0.15) is 0 Å². The monoisotopic (exact) mass is 461 g/mol. The van der Waals surface area contributed by atoms with E-state index in [0.29, 0.717) is 11.3 Å². The van der Waals surface area contributed by atoms with Crippen LogP contribution in [0.2, 0.25) is 0 Å². The van der Waals surface area contributed by atoms with Gasteiger partial charge >= 0.3 is 0 Å². The molecule has 0 saturated carbocycles. The van der Waals surface area contributed by atoms with Crippen molar-refractivity contribution in [1.29, 1.82) is 0 Å². The molecule has 104 valence electrons. The number of carbonyl (C=O) groups is 1. The number of anilines is 2. The van der Waals surface area contributed by atoms with Crippen molar-refractivity contribution in [1.82, 2.24) is 0 Å². The molecule has 7 heteroatoms. The number of nitrogen functional groups attached to an aromatic ring is 1. The predicted molar refractivity (Wildman–Crippen MR) is 91.7 cm³/mol. The molecule has 0 spiro atoms. The minimum absolute atomic E-state index is 0.197. The molecule has 0 aliphatic rings. The van der Waals surface area contributed by atoms with Crippen LogP contribution in [0.25, 0.3) is 0 Å². The van der Waals surface area contributed by atoms with E-state index in [-0.39, 0.29) is 5.91 Å². The number of hydrogen-bond acceptors (Lipinski definition) is 3. The van der Waals surface area contributed by atoms with Gasteiger partial charge in [-0.1, -0.05) is 15.9 Å². The summed E-state index contributed by atoms with van der Waals surface area (Å²) in [7, 11) is 0. The lowest BCUT2D eigenvalue weighted by molar-refractivity contribution is 0.102. The van der Waals surface area contributed by atoms with Crippen LogP contribution >= 0.6 is 47.8 Å². The average Bonchev–Trinajstić information content (AvgIpc) is 2.42. The topological polar surface area (TPSA) is 67.1 Å². The second kappa shape index (κ2) is 6.71. The number of nitrogens with one attached hydrogen (secondary N) is 2. The number of benzene rings is 2. The highest BCUT2D eigenvalue weighted by Crippen LogP contribution is 2.34. The highest BCUT2D eigenvalue weighted by Gasteiger charge is 2.12. The quantitative estimate of drug-likeness (QED) is 0.463.